The van der Waals surface area contributed by atoms with Gasteiger partial charge in [0.15, 0.2) is 0 Å². The predicted molar refractivity (Wildman–Crippen MR) is 113 cm³/mol. The van der Waals surface area contributed by atoms with E-state index in [0.717, 1.165) is 30.8 Å². The van der Waals surface area contributed by atoms with Crippen LogP contribution in [0.25, 0.3) is 11.4 Å². The lowest BCUT2D eigenvalue weighted by atomic mass is 10.1. The Labute approximate surface area is 175 Å². The van der Waals surface area contributed by atoms with Crippen LogP contribution in [0.1, 0.15) is 28.0 Å². The van der Waals surface area contributed by atoms with E-state index in [0.29, 0.717) is 36.5 Å². The number of nitrogens with one attached hydrogen (secondary N) is 2. The summed E-state index contributed by atoms with van der Waals surface area (Å²) in [5.74, 6) is -0.124. The number of morpholine rings is 1. The summed E-state index contributed by atoms with van der Waals surface area (Å²) in [4.78, 5) is 17.6. The molecule has 8 nitrogen and oxygen atoms in total. The number of nitrogens with zero attached hydrogens (tertiary/aromatic N) is 4. The number of ether oxygens (including phenoxy) is 1. The normalized spacial score (nSPS) is 16.4. The van der Waals surface area contributed by atoms with Gasteiger partial charge in [-0.1, -0.05) is 35.5 Å². The summed E-state index contributed by atoms with van der Waals surface area (Å²) in [6.07, 6.45) is 3.35. The first kappa shape index (κ1) is 20.2. The molecule has 1 aliphatic heterocycles. The van der Waals surface area contributed by atoms with Crippen LogP contribution in [0, 0.1) is 0 Å². The number of carbonyl (C=O) groups is 1. The molecular weight excluding hydrogens is 380 g/mol. The minimum Gasteiger partial charge on any atom is -0.376 e. The largest absolute Gasteiger partial charge is 0.376 e. The average Bonchev–Trinajstić information content (AvgIpc) is 3.21. The first-order valence-electron chi connectivity index (χ1n) is 10.2. The van der Waals surface area contributed by atoms with Crippen molar-refractivity contribution in [3.63, 3.8) is 0 Å². The third-order valence-corrected chi connectivity index (χ3v) is 4.99. The van der Waals surface area contributed by atoms with Crippen molar-refractivity contribution in [1.29, 1.82) is 0 Å². The number of hydrogen-bond acceptors (Lipinski definition) is 6. The van der Waals surface area contributed by atoms with Crippen LogP contribution in [0.4, 0.5) is 0 Å². The summed E-state index contributed by atoms with van der Waals surface area (Å²) in [7, 11) is 1.81. The summed E-state index contributed by atoms with van der Waals surface area (Å²) < 4.78 is 7.31. The molecule has 2 N–H and O–H groups in total. The van der Waals surface area contributed by atoms with Crippen LogP contribution >= 0.6 is 0 Å². The molecule has 0 unspecified atom stereocenters. The number of aryl methyl sites for hydroxylation is 1. The maximum atomic E-state index is 12.8. The molecule has 0 spiro atoms. The second kappa shape index (κ2) is 9.60. The highest BCUT2D eigenvalue weighted by molar-refractivity contribution is 5.95. The van der Waals surface area contributed by atoms with E-state index in [1.165, 1.54) is 0 Å². The van der Waals surface area contributed by atoms with Crippen LogP contribution in [0.15, 0.2) is 48.7 Å². The van der Waals surface area contributed by atoms with E-state index in [9.17, 15) is 4.79 Å². The Balaban J connectivity index is 1.51. The van der Waals surface area contributed by atoms with Gasteiger partial charge in [0, 0.05) is 44.4 Å². The van der Waals surface area contributed by atoms with E-state index in [4.69, 9.17) is 9.72 Å². The Bertz CT molecular complexity index is 982. The monoisotopic (exact) mass is 406 g/mol. The average molecular weight is 406 g/mol. The van der Waals surface area contributed by atoms with Crippen LogP contribution in [0.2, 0.25) is 0 Å². The van der Waals surface area contributed by atoms with E-state index >= 15 is 0 Å². The van der Waals surface area contributed by atoms with Gasteiger partial charge < -0.3 is 15.4 Å². The van der Waals surface area contributed by atoms with Crippen molar-refractivity contribution in [2.45, 2.75) is 18.9 Å². The van der Waals surface area contributed by atoms with Crippen LogP contribution in [-0.4, -0.2) is 58.2 Å². The third kappa shape index (κ3) is 5.28. The van der Waals surface area contributed by atoms with E-state index in [2.05, 4.69) is 33.1 Å². The molecule has 0 bridgehead atoms. The number of hydrogen-bond donors (Lipinski definition) is 2. The minimum absolute atomic E-state index is 0.124. The molecule has 1 aromatic carbocycles. The molecule has 3 heterocycles. The maximum absolute atomic E-state index is 12.8. The quantitative estimate of drug-likeness (QED) is 0.619. The van der Waals surface area contributed by atoms with Gasteiger partial charge in [0.25, 0.3) is 5.91 Å². The minimum atomic E-state index is -0.124. The fourth-order valence-corrected chi connectivity index (χ4v) is 3.46. The molecule has 1 atom stereocenters. The smallest absolute Gasteiger partial charge is 0.251 e. The third-order valence-electron chi connectivity index (χ3n) is 4.99. The van der Waals surface area contributed by atoms with Gasteiger partial charge in [-0.15, -0.1) is 5.10 Å². The molecule has 3 aromatic rings. The van der Waals surface area contributed by atoms with E-state index in [1.807, 2.05) is 24.3 Å². The van der Waals surface area contributed by atoms with Gasteiger partial charge in [-0.05, 0) is 24.1 Å². The van der Waals surface area contributed by atoms with Crippen molar-refractivity contribution in [2.75, 3.05) is 26.2 Å². The zero-order valence-electron chi connectivity index (χ0n) is 17.0. The number of carbonyl (C=O) groups excluding carboxylic acids is 1. The van der Waals surface area contributed by atoms with Crippen LogP contribution in [0.3, 0.4) is 0 Å². The standard InChI is InChI=1S/C22H26N6O2/c1-28-15-21(26-27-28)20-13-17(12-18(25-20)11-16-5-3-2-4-6-16)22(29)24-8-7-19-14-23-9-10-30-19/h2-6,12-13,15,19,23H,7-11,14H2,1H3,(H,24,29)/t19-/m0/s1. The lowest BCUT2D eigenvalue weighted by Crippen LogP contribution is -2.40. The van der Waals surface area contributed by atoms with E-state index in [1.54, 1.807) is 24.0 Å². The molecule has 0 aliphatic carbocycles. The summed E-state index contributed by atoms with van der Waals surface area (Å²) >= 11 is 0. The Hall–Kier alpha value is -3.10. The zero-order chi connectivity index (χ0) is 20.8. The fraction of sp³-hybridized carbons (Fsp3) is 0.364. The van der Waals surface area contributed by atoms with Gasteiger partial charge in [-0.25, -0.2) is 0 Å². The van der Waals surface area contributed by atoms with Crippen molar-refractivity contribution in [2.24, 2.45) is 7.05 Å². The summed E-state index contributed by atoms with van der Waals surface area (Å²) in [5, 5.41) is 14.4. The number of amides is 1. The molecule has 1 saturated heterocycles. The number of rotatable bonds is 7. The molecule has 0 radical (unpaired) electrons. The Kier molecular flexibility index (Phi) is 6.46. The van der Waals surface area contributed by atoms with Gasteiger partial charge in [-0.2, -0.15) is 0 Å². The summed E-state index contributed by atoms with van der Waals surface area (Å²) in [5.41, 5.74) is 3.80. The highest BCUT2D eigenvalue weighted by Gasteiger charge is 2.16. The molecule has 0 saturated carbocycles. The van der Waals surface area contributed by atoms with E-state index in [-0.39, 0.29) is 12.0 Å². The second-order valence-electron chi connectivity index (χ2n) is 7.41. The van der Waals surface area contributed by atoms with Crippen LogP contribution in [0.5, 0.6) is 0 Å². The van der Waals surface area contributed by atoms with Crippen LogP contribution < -0.4 is 10.6 Å². The van der Waals surface area contributed by atoms with Gasteiger partial charge in [-0.3, -0.25) is 14.5 Å². The Morgan fingerprint density at radius 2 is 2.13 bits per heavy atom. The van der Waals surface area contributed by atoms with Gasteiger partial charge in [0.05, 0.1) is 24.6 Å². The molecule has 1 aliphatic rings. The molecular formula is C22H26N6O2. The Morgan fingerprint density at radius 1 is 1.27 bits per heavy atom. The number of benzene rings is 1. The summed E-state index contributed by atoms with van der Waals surface area (Å²) in [6.45, 7) is 2.98. The molecule has 2 aromatic heterocycles. The van der Waals surface area contributed by atoms with Crippen molar-refractivity contribution in [3.8, 4) is 11.4 Å². The van der Waals surface area contributed by atoms with Gasteiger partial charge in [0.2, 0.25) is 0 Å². The zero-order valence-corrected chi connectivity index (χ0v) is 17.0. The number of aromatic nitrogens is 4. The van der Waals surface area contributed by atoms with Crippen molar-refractivity contribution in [3.05, 3.63) is 65.5 Å². The number of pyridine rings is 1. The predicted octanol–water partition coefficient (Wildman–Crippen LogP) is 1.58. The van der Waals surface area contributed by atoms with Crippen molar-refractivity contribution >= 4 is 5.91 Å². The lowest BCUT2D eigenvalue weighted by molar-refractivity contribution is 0.0239. The molecule has 4 rings (SSSR count). The fourth-order valence-electron chi connectivity index (χ4n) is 3.46. The molecule has 30 heavy (non-hydrogen) atoms. The first-order valence-corrected chi connectivity index (χ1v) is 10.2. The maximum Gasteiger partial charge on any atom is 0.251 e. The SMILES string of the molecule is Cn1cc(-c2cc(C(=O)NCC[C@H]3CNCCO3)cc(Cc3ccccc3)n2)nn1. The second-order valence-corrected chi connectivity index (χ2v) is 7.41. The highest BCUT2D eigenvalue weighted by atomic mass is 16.5. The molecule has 1 fully saturated rings. The van der Waals surface area contributed by atoms with Crippen LogP contribution in [-0.2, 0) is 18.2 Å². The summed E-state index contributed by atoms with van der Waals surface area (Å²) in [6, 6.07) is 13.7. The Morgan fingerprint density at radius 3 is 2.87 bits per heavy atom. The van der Waals surface area contributed by atoms with Gasteiger partial charge in [0.1, 0.15) is 5.69 Å². The van der Waals surface area contributed by atoms with E-state index < -0.39 is 0 Å². The van der Waals surface area contributed by atoms with Gasteiger partial charge >= 0.3 is 0 Å². The van der Waals surface area contributed by atoms with Crippen molar-refractivity contribution in [1.82, 2.24) is 30.6 Å². The first-order chi connectivity index (χ1) is 14.7. The van der Waals surface area contributed by atoms with Crippen molar-refractivity contribution < 1.29 is 9.53 Å². The highest BCUT2D eigenvalue weighted by Crippen LogP contribution is 2.19. The topological polar surface area (TPSA) is 94.0 Å². The lowest BCUT2D eigenvalue weighted by Gasteiger charge is -2.23. The molecule has 1 amide bonds. The molecule has 156 valence electrons. The molecule has 8 heteroatoms.